The molecule has 2 aliphatic rings. The van der Waals surface area contributed by atoms with Gasteiger partial charge in [0.15, 0.2) is 11.5 Å². The molecule has 0 bridgehead atoms. The summed E-state index contributed by atoms with van der Waals surface area (Å²) in [6, 6.07) is 15.0. The number of fused-ring (bicyclic) bond motifs is 1. The van der Waals surface area contributed by atoms with Gasteiger partial charge < -0.3 is 13.2 Å². The molecule has 214 valence electrons. The summed E-state index contributed by atoms with van der Waals surface area (Å²) in [5.74, 6) is -0.758. The van der Waals surface area contributed by atoms with Gasteiger partial charge in [-0.3, -0.25) is 0 Å². The van der Waals surface area contributed by atoms with Crippen LogP contribution in [0.5, 0.6) is 11.5 Å². The van der Waals surface area contributed by atoms with E-state index in [-0.39, 0.29) is 36.7 Å². The Morgan fingerprint density at radius 2 is 1.12 bits per heavy atom. The van der Waals surface area contributed by atoms with Crippen LogP contribution in [-0.4, -0.2) is 28.5 Å². The third-order valence-corrected chi connectivity index (χ3v) is 11.1. The lowest BCUT2D eigenvalue weighted by molar-refractivity contribution is -0.136. The molecule has 0 saturated heterocycles. The van der Waals surface area contributed by atoms with Crippen molar-refractivity contribution in [2.75, 3.05) is 0 Å². The average Bonchev–Trinajstić information content (AvgIpc) is 3.50. The number of nitrogens with zero attached hydrogens (tertiary/aromatic N) is 1. The molecule has 2 aliphatic heterocycles. The van der Waals surface area contributed by atoms with Crippen molar-refractivity contribution in [3.63, 3.8) is 0 Å². The summed E-state index contributed by atoms with van der Waals surface area (Å²) in [6.07, 6.45) is 0. The monoisotopic (exact) mass is 631 g/mol. The molecule has 0 radical (unpaired) electrons. The number of hydrogen-bond acceptors (Lipinski definition) is 11. The first-order chi connectivity index (χ1) is 19.2. The Morgan fingerprint density at radius 3 is 1.51 bits per heavy atom. The van der Waals surface area contributed by atoms with Gasteiger partial charge >= 0.3 is 26.2 Å². The van der Waals surface area contributed by atoms with Gasteiger partial charge in [-0.1, -0.05) is 84.8 Å². The van der Waals surface area contributed by atoms with Crippen molar-refractivity contribution < 1.29 is 34.8 Å². The van der Waals surface area contributed by atoms with E-state index in [2.05, 4.69) is 5.16 Å². The highest BCUT2D eigenvalue weighted by Gasteiger charge is 2.41. The van der Waals surface area contributed by atoms with Gasteiger partial charge in [0.1, 0.15) is 21.1 Å². The predicted octanol–water partition coefficient (Wildman–Crippen LogP) is 6.21. The lowest BCUT2D eigenvalue weighted by Crippen LogP contribution is -2.22. The van der Waals surface area contributed by atoms with Crippen LogP contribution >= 0.6 is 23.5 Å². The molecule has 0 atom stereocenters. The summed E-state index contributed by atoms with van der Waals surface area (Å²) in [7, 11) is -8.48. The Hall–Kier alpha value is -3.26. The largest absolute Gasteiger partial charge is 0.378 e. The first kappa shape index (κ1) is 29.2. The highest BCUT2D eigenvalue weighted by molar-refractivity contribution is 8.25. The summed E-state index contributed by atoms with van der Waals surface area (Å²) in [6.45, 7) is 9.28. The summed E-state index contributed by atoms with van der Waals surface area (Å²) in [5.41, 5.74) is 1.83. The molecule has 0 unspecified atom stereocenters. The molecule has 5 rings (SSSR count). The van der Waals surface area contributed by atoms with Crippen molar-refractivity contribution in [1.29, 1.82) is 0 Å². The molecule has 0 saturated carbocycles. The number of aryl methyl sites for hydroxylation is 2. The molecule has 2 heterocycles. The Labute approximate surface area is 247 Å². The molecule has 9 nitrogen and oxygen atoms in total. The van der Waals surface area contributed by atoms with Crippen LogP contribution < -0.4 is 8.37 Å². The minimum Gasteiger partial charge on any atom is -0.378 e. The van der Waals surface area contributed by atoms with Gasteiger partial charge in [-0.2, -0.15) is 16.8 Å². The van der Waals surface area contributed by atoms with Gasteiger partial charge in [0.2, 0.25) is 0 Å². The molecule has 0 aromatic heterocycles. The number of benzene rings is 3. The molecule has 3 aromatic carbocycles. The van der Waals surface area contributed by atoms with Gasteiger partial charge in [0.25, 0.3) is 0 Å². The van der Waals surface area contributed by atoms with E-state index in [0.29, 0.717) is 9.95 Å². The molecule has 0 N–H and O–H groups in total. The SMILES string of the molecule is Cc1ccc(S(=O)(=O)Oc2ccc(OS(=O)(=O)c3ccc(C)cc3)c3c2SC(=C2C(=O)ON=C2C(C)(C)C)S3)cc1. The Balaban J connectivity index is 1.60. The second kappa shape index (κ2) is 10.5. The second-order valence-corrected chi connectivity index (χ2v) is 15.7. The zero-order valence-corrected chi connectivity index (χ0v) is 25.9. The number of thioether (sulfide) groups is 2. The molecule has 13 heteroatoms. The van der Waals surface area contributed by atoms with E-state index in [0.717, 1.165) is 34.7 Å². The predicted molar refractivity (Wildman–Crippen MR) is 156 cm³/mol. The van der Waals surface area contributed by atoms with Crippen molar-refractivity contribution in [3.05, 3.63) is 81.6 Å². The highest BCUT2D eigenvalue weighted by atomic mass is 32.2. The molecule has 0 aliphatic carbocycles. The number of hydrogen-bond donors (Lipinski definition) is 0. The number of carbonyl (C=O) groups excluding carboxylic acids is 1. The van der Waals surface area contributed by atoms with Gasteiger partial charge in [-0.15, -0.1) is 0 Å². The second-order valence-electron chi connectivity index (χ2n) is 10.4. The van der Waals surface area contributed by atoms with Crippen LogP contribution in [0.15, 0.2) is 95.2 Å². The van der Waals surface area contributed by atoms with E-state index in [9.17, 15) is 21.6 Å². The van der Waals surface area contributed by atoms with E-state index in [1.54, 1.807) is 24.3 Å². The maximum atomic E-state index is 13.1. The summed E-state index contributed by atoms with van der Waals surface area (Å²) in [5, 5.41) is 3.96. The molecular weight excluding hydrogens is 607 g/mol. The topological polar surface area (TPSA) is 125 Å². The van der Waals surface area contributed by atoms with Crippen LogP contribution in [0.1, 0.15) is 31.9 Å². The highest BCUT2D eigenvalue weighted by Crippen LogP contribution is 2.60. The zero-order chi connectivity index (χ0) is 29.7. The quantitative estimate of drug-likeness (QED) is 0.176. The molecule has 0 amide bonds. The minimum absolute atomic E-state index is 0.0464. The fourth-order valence-electron chi connectivity index (χ4n) is 3.87. The van der Waals surface area contributed by atoms with Crippen LogP contribution in [0.3, 0.4) is 0 Å². The third-order valence-electron chi connectivity index (χ3n) is 6.02. The van der Waals surface area contributed by atoms with Crippen molar-refractivity contribution >= 4 is 55.4 Å². The van der Waals surface area contributed by atoms with Crippen LogP contribution in [0.25, 0.3) is 0 Å². The molecule has 3 aromatic rings. The Kier molecular flexibility index (Phi) is 7.51. The third kappa shape index (κ3) is 5.89. The number of rotatable bonds is 6. The van der Waals surface area contributed by atoms with E-state index in [4.69, 9.17) is 13.2 Å². The smallest absolute Gasteiger partial charge is 0.369 e. The zero-order valence-electron chi connectivity index (χ0n) is 22.6. The van der Waals surface area contributed by atoms with Crippen molar-refractivity contribution in [2.24, 2.45) is 10.6 Å². The summed E-state index contributed by atoms with van der Waals surface area (Å²) in [4.78, 5) is 18.2. The number of oxime groups is 1. The number of carbonyl (C=O) groups is 1. The summed E-state index contributed by atoms with van der Waals surface area (Å²) < 4.78 is 64.1. The van der Waals surface area contributed by atoms with E-state index < -0.39 is 31.6 Å². The first-order valence-electron chi connectivity index (χ1n) is 12.3. The van der Waals surface area contributed by atoms with E-state index >= 15 is 0 Å². The standard InChI is InChI=1S/C28H25NO8S4/c1-16-6-10-18(11-7-16)40(31,32)36-20-14-15-21(37-41(33,34)19-12-8-17(2)9-13-19)24-23(20)38-27(39-24)22-25(28(3,4)5)29-35-26(22)30/h6-15H,1-5H3. The molecular formula is C28H25NO8S4. The van der Waals surface area contributed by atoms with Crippen molar-refractivity contribution in [1.82, 2.24) is 0 Å². The first-order valence-corrected chi connectivity index (χ1v) is 16.7. The van der Waals surface area contributed by atoms with Crippen LogP contribution in [0.2, 0.25) is 0 Å². The fraction of sp³-hybridized carbons (Fsp3) is 0.214. The van der Waals surface area contributed by atoms with E-state index in [1.165, 1.54) is 36.4 Å². The van der Waals surface area contributed by atoms with Crippen molar-refractivity contribution in [3.8, 4) is 11.5 Å². The van der Waals surface area contributed by atoms with Crippen LogP contribution in [-0.2, 0) is 29.9 Å². The van der Waals surface area contributed by atoms with Gasteiger partial charge in [-0.05, 0) is 50.2 Å². The van der Waals surface area contributed by atoms with Gasteiger partial charge in [0.05, 0.1) is 14.0 Å². The average molecular weight is 632 g/mol. The van der Waals surface area contributed by atoms with Gasteiger partial charge in [-0.25, -0.2) is 4.79 Å². The van der Waals surface area contributed by atoms with E-state index in [1.807, 2.05) is 34.6 Å². The maximum Gasteiger partial charge on any atom is 0.369 e. The maximum absolute atomic E-state index is 13.1. The molecule has 0 spiro atoms. The van der Waals surface area contributed by atoms with Crippen LogP contribution in [0, 0.1) is 19.3 Å². The Morgan fingerprint density at radius 1 is 0.707 bits per heavy atom. The minimum atomic E-state index is -4.24. The lowest BCUT2D eigenvalue weighted by atomic mass is 9.86. The van der Waals surface area contributed by atoms with Crippen LogP contribution in [0.4, 0.5) is 0 Å². The molecule has 0 fully saturated rings. The fourth-order valence-corrected chi connectivity index (χ4v) is 8.51. The molecule has 41 heavy (non-hydrogen) atoms. The summed E-state index contributed by atoms with van der Waals surface area (Å²) >= 11 is 2.11. The Bertz CT molecular complexity index is 1730. The van der Waals surface area contributed by atoms with Crippen molar-refractivity contribution in [2.45, 2.75) is 54.2 Å². The lowest BCUT2D eigenvalue weighted by Gasteiger charge is -2.17. The normalized spacial score (nSPS) is 15.4. The van der Waals surface area contributed by atoms with Gasteiger partial charge in [0, 0.05) is 5.41 Å².